The third kappa shape index (κ3) is 4.13. The Hall–Kier alpha value is -1.84. The largest absolute Gasteiger partial charge is 0.481 e. The molecule has 0 aliphatic carbocycles. The van der Waals surface area contributed by atoms with Gasteiger partial charge in [-0.05, 0) is 37.0 Å². The van der Waals surface area contributed by atoms with Gasteiger partial charge in [0.2, 0.25) is 5.91 Å². The maximum atomic E-state index is 10.9. The summed E-state index contributed by atoms with van der Waals surface area (Å²) >= 11 is 0. The predicted octanol–water partition coefficient (Wildman–Crippen LogP) is 1.58. The van der Waals surface area contributed by atoms with Crippen LogP contribution in [0.3, 0.4) is 0 Å². The summed E-state index contributed by atoms with van der Waals surface area (Å²) in [5, 5.41) is 8.47. The number of aliphatic carboxylic acids is 1. The summed E-state index contributed by atoms with van der Waals surface area (Å²) in [7, 11) is 0. The molecule has 86 valence electrons. The number of unbranched alkanes of at least 4 members (excludes halogenated alkanes) is 1. The number of amides is 1. The molecule has 0 atom stereocenters. The predicted molar refractivity (Wildman–Crippen MR) is 60.2 cm³/mol. The second-order valence-electron chi connectivity index (χ2n) is 3.67. The van der Waals surface area contributed by atoms with Gasteiger partial charge in [0.25, 0.3) is 0 Å². The van der Waals surface area contributed by atoms with Crippen molar-refractivity contribution >= 4 is 11.9 Å². The van der Waals surface area contributed by atoms with Crippen molar-refractivity contribution < 1.29 is 14.7 Å². The number of aryl methyl sites for hydroxylation is 1. The van der Waals surface area contributed by atoms with Crippen molar-refractivity contribution in [2.24, 2.45) is 5.73 Å². The third-order valence-corrected chi connectivity index (χ3v) is 2.32. The quantitative estimate of drug-likeness (QED) is 0.716. The summed E-state index contributed by atoms with van der Waals surface area (Å²) in [5.41, 5.74) is 6.67. The van der Waals surface area contributed by atoms with Crippen LogP contribution in [0.25, 0.3) is 0 Å². The van der Waals surface area contributed by atoms with Gasteiger partial charge in [-0.15, -0.1) is 0 Å². The average Bonchev–Trinajstić information content (AvgIpc) is 2.24. The molecular weight excluding hydrogens is 206 g/mol. The van der Waals surface area contributed by atoms with Crippen molar-refractivity contribution in [3.05, 3.63) is 35.4 Å². The Kier molecular flexibility index (Phi) is 4.51. The summed E-state index contributed by atoms with van der Waals surface area (Å²) in [6.45, 7) is 0. The molecule has 1 aromatic rings. The van der Waals surface area contributed by atoms with Crippen LogP contribution in [0.15, 0.2) is 24.3 Å². The highest BCUT2D eigenvalue weighted by Gasteiger charge is 2.02. The summed E-state index contributed by atoms with van der Waals surface area (Å²) in [6.07, 6.45) is 2.41. The van der Waals surface area contributed by atoms with Crippen LogP contribution in [0.5, 0.6) is 0 Å². The number of primary amides is 1. The highest BCUT2D eigenvalue weighted by atomic mass is 16.4. The molecule has 0 saturated carbocycles. The van der Waals surface area contributed by atoms with Crippen molar-refractivity contribution in [1.29, 1.82) is 0 Å². The van der Waals surface area contributed by atoms with Gasteiger partial charge in [0.1, 0.15) is 0 Å². The van der Waals surface area contributed by atoms with E-state index in [1.165, 1.54) is 0 Å². The zero-order chi connectivity index (χ0) is 12.0. The third-order valence-electron chi connectivity index (χ3n) is 2.32. The SMILES string of the molecule is NC(=O)c1cccc(CCCCC(=O)O)c1. The van der Waals surface area contributed by atoms with Gasteiger partial charge in [-0.1, -0.05) is 12.1 Å². The number of carboxylic acids is 1. The zero-order valence-electron chi connectivity index (χ0n) is 8.98. The van der Waals surface area contributed by atoms with Gasteiger partial charge in [0, 0.05) is 12.0 Å². The van der Waals surface area contributed by atoms with E-state index < -0.39 is 11.9 Å². The van der Waals surface area contributed by atoms with Gasteiger partial charge < -0.3 is 10.8 Å². The topological polar surface area (TPSA) is 80.4 Å². The lowest BCUT2D eigenvalue weighted by atomic mass is 10.0. The molecule has 0 heterocycles. The minimum Gasteiger partial charge on any atom is -0.481 e. The van der Waals surface area contributed by atoms with Crippen molar-refractivity contribution in [2.45, 2.75) is 25.7 Å². The van der Waals surface area contributed by atoms with Gasteiger partial charge in [-0.3, -0.25) is 9.59 Å². The van der Waals surface area contributed by atoms with E-state index >= 15 is 0 Å². The number of hydrogen-bond donors (Lipinski definition) is 2. The van der Waals surface area contributed by atoms with Crippen LogP contribution in [-0.4, -0.2) is 17.0 Å². The number of benzene rings is 1. The molecule has 0 radical (unpaired) electrons. The van der Waals surface area contributed by atoms with Crippen LogP contribution in [0.1, 0.15) is 35.2 Å². The molecule has 0 unspecified atom stereocenters. The van der Waals surface area contributed by atoms with Crippen LogP contribution in [0, 0.1) is 0 Å². The first-order valence-electron chi connectivity index (χ1n) is 5.20. The summed E-state index contributed by atoms with van der Waals surface area (Å²) in [4.78, 5) is 21.2. The van der Waals surface area contributed by atoms with Crippen LogP contribution in [-0.2, 0) is 11.2 Å². The van der Waals surface area contributed by atoms with E-state index in [1.807, 2.05) is 6.07 Å². The van der Waals surface area contributed by atoms with E-state index in [9.17, 15) is 9.59 Å². The van der Waals surface area contributed by atoms with Crippen LogP contribution >= 0.6 is 0 Å². The Labute approximate surface area is 94.1 Å². The molecule has 0 aliphatic heterocycles. The first-order valence-corrected chi connectivity index (χ1v) is 5.20. The van der Waals surface area contributed by atoms with E-state index in [-0.39, 0.29) is 6.42 Å². The maximum Gasteiger partial charge on any atom is 0.303 e. The second-order valence-corrected chi connectivity index (χ2v) is 3.67. The minimum atomic E-state index is -0.772. The fourth-order valence-electron chi connectivity index (χ4n) is 1.49. The molecule has 3 N–H and O–H groups in total. The second kappa shape index (κ2) is 5.90. The summed E-state index contributed by atoms with van der Waals surface area (Å²) in [5.74, 6) is -1.21. The molecule has 16 heavy (non-hydrogen) atoms. The number of hydrogen-bond acceptors (Lipinski definition) is 2. The Morgan fingerprint density at radius 3 is 2.62 bits per heavy atom. The fourth-order valence-corrected chi connectivity index (χ4v) is 1.49. The Balaban J connectivity index is 2.45. The Morgan fingerprint density at radius 2 is 2.00 bits per heavy atom. The fraction of sp³-hybridized carbons (Fsp3) is 0.333. The first-order chi connectivity index (χ1) is 7.59. The van der Waals surface area contributed by atoms with E-state index in [1.54, 1.807) is 18.2 Å². The maximum absolute atomic E-state index is 10.9. The Bertz CT molecular complexity index is 388. The lowest BCUT2D eigenvalue weighted by Crippen LogP contribution is -2.10. The lowest BCUT2D eigenvalue weighted by molar-refractivity contribution is -0.137. The average molecular weight is 221 g/mol. The number of carbonyl (C=O) groups is 2. The molecule has 0 saturated heterocycles. The van der Waals surface area contributed by atoms with Crippen molar-refractivity contribution in [3.8, 4) is 0 Å². The number of carbonyl (C=O) groups excluding carboxylic acids is 1. The monoisotopic (exact) mass is 221 g/mol. The van der Waals surface area contributed by atoms with E-state index in [2.05, 4.69) is 0 Å². The van der Waals surface area contributed by atoms with Crippen LogP contribution in [0.4, 0.5) is 0 Å². The number of nitrogens with two attached hydrogens (primary N) is 1. The van der Waals surface area contributed by atoms with Crippen molar-refractivity contribution in [2.75, 3.05) is 0 Å². The normalized spacial score (nSPS) is 10.0. The van der Waals surface area contributed by atoms with Gasteiger partial charge in [0.15, 0.2) is 0 Å². The van der Waals surface area contributed by atoms with Gasteiger partial charge >= 0.3 is 5.97 Å². The minimum absolute atomic E-state index is 0.190. The molecule has 0 fully saturated rings. The smallest absolute Gasteiger partial charge is 0.303 e. The van der Waals surface area contributed by atoms with E-state index in [0.717, 1.165) is 18.4 Å². The van der Waals surface area contributed by atoms with E-state index in [4.69, 9.17) is 10.8 Å². The summed E-state index contributed by atoms with van der Waals surface area (Å²) < 4.78 is 0. The summed E-state index contributed by atoms with van der Waals surface area (Å²) in [6, 6.07) is 7.12. The molecule has 0 bridgehead atoms. The molecule has 1 aromatic carbocycles. The molecule has 4 nitrogen and oxygen atoms in total. The lowest BCUT2D eigenvalue weighted by Gasteiger charge is -2.02. The van der Waals surface area contributed by atoms with Crippen molar-refractivity contribution in [1.82, 2.24) is 0 Å². The van der Waals surface area contributed by atoms with Gasteiger partial charge in [-0.25, -0.2) is 0 Å². The molecule has 0 spiro atoms. The molecule has 1 amide bonds. The standard InChI is InChI=1S/C12H15NO3/c13-12(16)10-6-3-5-9(8-10)4-1-2-7-11(14)15/h3,5-6,8H,1-2,4,7H2,(H2,13,16)(H,14,15). The van der Waals surface area contributed by atoms with Crippen LogP contribution < -0.4 is 5.73 Å². The van der Waals surface area contributed by atoms with Gasteiger partial charge in [-0.2, -0.15) is 0 Å². The zero-order valence-corrected chi connectivity index (χ0v) is 8.98. The van der Waals surface area contributed by atoms with Crippen LogP contribution in [0.2, 0.25) is 0 Å². The van der Waals surface area contributed by atoms with E-state index in [0.29, 0.717) is 12.0 Å². The molecule has 0 aliphatic rings. The molecular formula is C12H15NO3. The highest BCUT2D eigenvalue weighted by molar-refractivity contribution is 5.92. The van der Waals surface area contributed by atoms with Gasteiger partial charge in [0.05, 0.1) is 0 Å². The number of carboxylic acid groups (broad SMARTS) is 1. The molecule has 0 aromatic heterocycles. The number of rotatable bonds is 6. The highest BCUT2D eigenvalue weighted by Crippen LogP contribution is 2.09. The first kappa shape index (κ1) is 12.2. The molecule has 4 heteroatoms. The van der Waals surface area contributed by atoms with Crippen molar-refractivity contribution in [3.63, 3.8) is 0 Å². The molecule has 1 rings (SSSR count). The Morgan fingerprint density at radius 1 is 1.25 bits per heavy atom.